The van der Waals surface area contributed by atoms with E-state index in [-0.39, 0.29) is 18.3 Å². The van der Waals surface area contributed by atoms with Crippen LogP contribution < -0.4 is 9.64 Å². The third-order valence-corrected chi connectivity index (χ3v) is 6.90. The van der Waals surface area contributed by atoms with E-state index < -0.39 is 0 Å². The maximum absolute atomic E-state index is 13.8. The number of hydrogen-bond acceptors (Lipinski definition) is 6. The van der Waals surface area contributed by atoms with Gasteiger partial charge in [0.05, 0.1) is 22.9 Å². The van der Waals surface area contributed by atoms with Gasteiger partial charge in [-0.25, -0.2) is 4.98 Å². The van der Waals surface area contributed by atoms with E-state index in [1.54, 1.807) is 35.1 Å². The largest absolute Gasteiger partial charge is 0.496 e. The molecule has 0 spiro atoms. The number of amides is 1. The molecule has 0 N–H and O–H groups in total. The topological polar surface area (TPSA) is 45.7 Å². The molecule has 0 radical (unpaired) electrons. The average molecular weight is 488 g/mol. The number of nitrogens with zero attached hydrogens (tertiary/aromatic N) is 3. The highest BCUT2D eigenvalue weighted by molar-refractivity contribution is 7.98. The van der Waals surface area contributed by atoms with Crippen LogP contribution in [0, 0.1) is 0 Å². The molecule has 3 aromatic carbocycles. The molecule has 0 unspecified atom stereocenters. The van der Waals surface area contributed by atoms with E-state index in [1.807, 2.05) is 56.6 Å². The maximum Gasteiger partial charge on any atom is 0.263 e. The molecule has 8 heteroatoms. The Morgan fingerprint density at radius 3 is 2.44 bits per heavy atom. The van der Waals surface area contributed by atoms with Crippen molar-refractivity contribution in [1.82, 2.24) is 9.88 Å². The number of hydrogen-bond donors (Lipinski definition) is 0. The number of thiazole rings is 1. The normalized spacial score (nSPS) is 11.0. The van der Waals surface area contributed by atoms with E-state index in [0.29, 0.717) is 23.0 Å². The molecule has 0 saturated heterocycles. The molecule has 1 heterocycles. The van der Waals surface area contributed by atoms with Gasteiger partial charge < -0.3 is 9.64 Å². The third-order valence-electron chi connectivity index (χ3n) is 5.13. The summed E-state index contributed by atoms with van der Waals surface area (Å²) in [7, 11) is 5.61. The maximum atomic E-state index is 13.8. The molecule has 0 atom stereocenters. The van der Waals surface area contributed by atoms with Gasteiger partial charge in [-0.3, -0.25) is 9.69 Å². The molecule has 0 aliphatic carbocycles. The Morgan fingerprint density at radius 1 is 1.06 bits per heavy atom. The highest BCUT2D eigenvalue weighted by Crippen LogP contribution is 2.34. The summed E-state index contributed by atoms with van der Waals surface area (Å²) in [4.78, 5) is 23.6. The van der Waals surface area contributed by atoms with Crippen molar-refractivity contribution in [3.63, 3.8) is 0 Å². The van der Waals surface area contributed by atoms with Crippen LogP contribution in [0.3, 0.4) is 0 Å². The van der Waals surface area contributed by atoms with Gasteiger partial charge in [0, 0.05) is 18.0 Å². The molecule has 0 fully saturated rings. The number of benzene rings is 3. The van der Waals surface area contributed by atoms with Crippen molar-refractivity contribution in [1.29, 1.82) is 0 Å². The standard InChI is InChI=1S/C24H25N3O2S2.ClH/c1-26(2)11-12-27(24-25-20-10-9-18(30-4)15-22(20)31-24)23(28)19-13-16-7-5-6-8-17(16)14-21(19)29-3;/h5-10,13-15H,11-12H2,1-4H3;1H. The van der Waals surface area contributed by atoms with Gasteiger partial charge in [-0.05, 0) is 61.5 Å². The van der Waals surface area contributed by atoms with Crippen LogP contribution in [0.25, 0.3) is 21.0 Å². The summed E-state index contributed by atoms with van der Waals surface area (Å²) < 4.78 is 6.68. The molecule has 32 heavy (non-hydrogen) atoms. The van der Waals surface area contributed by atoms with Crippen LogP contribution in [0.1, 0.15) is 10.4 Å². The van der Waals surface area contributed by atoms with Crippen LogP contribution in [-0.4, -0.2) is 56.3 Å². The number of aromatic nitrogens is 1. The number of ether oxygens (including phenoxy) is 1. The highest BCUT2D eigenvalue weighted by atomic mass is 35.5. The summed E-state index contributed by atoms with van der Waals surface area (Å²) in [5.41, 5.74) is 1.45. The van der Waals surface area contributed by atoms with Crippen molar-refractivity contribution in [2.45, 2.75) is 4.90 Å². The van der Waals surface area contributed by atoms with Crippen LogP contribution in [0.15, 0.2) is 59.5 Å². The van der Waals surface area contributed by atoms with E-state index in [4.69, 9.17) is 9.72 Å². The van der Waals surface area contributed by atoms with Crippen molar-refractivity contribution in [2.75, 3.05) is 45.5 Å². The first kappa shape index (κ1) is 24.3. The molecule has 0 aliphatic rings. The van der Waals surface area contributed by atoms with Gasteiger partial charge in [0.1, 0.15) is 5.75 Å². The minimum absolute atomic E-state index is 0. The Bertz CT molecular complexity index is 1240. The molecule has 5 nitrogen and oxygen atoms in total. The molecular formula is C24H26ClN3O2S2. The first-order chi connectivity index (χ1) is 15.0. The smallest absolute Gasteiger partial charge is 0.263 e. The Kier molecular flexibility index (Phi) is 8.00. The number of likely N-dealkylation sites (N-methyl/N-ethyl adjacent to an activating group) is 1. The summed E-state index contributed by atoms with van der Waals surface area (Å²) in [5, 5.41) is 2.75. The Balaban J connectivity index is 0.00000289. The fraction of sp³-hybridized carbons (Fsp3) is 0.250. The monoisotopic (exact) mass is 487 g/mol. The molecule has 0 saturated carbocycles. The predicted octanol–water partition coefficient (Wildman–Crippen LogP) is 5.81. The quantitative estimate of drug-likeness (QED) is 0.308. The second-order valence-electron chi connectivity index (χ2n) is 7.49. The lowest BCUT2D eigenvalue weighted by Gasteiger charge is -2.23. The van der Waals surface area contributed by atoms with Gasteiger partial charge in [0.25, 0.3) is 5.91 Å². The number of anilines is 1. The molecule has 1 amide bonds. The number of thioether (sulfide) groups is 1. The minimum Gasteiger partial charge on any atom is -0.496 e. The van der Waals surface area contributed by atoms with Crippen LogP contribution in [0.5, 0.6) is 5.75 Å². The van der Waals surface area contributed by atoms with Crippen molar-refractivity contribution in [2.24, 2.45) is 0 Å². The third kappa shape index (κ3) is 5.02. The fourth-order valence-electron chi connectivity index (χ4n) is 3.42. The zero-order valence-corrected chi connectivity index (χ0v) is 20.9. The van der Waals surface area contributed by atoms with Crippen molar-refractivity contribution >= 4 is 67.5 Å². The number of rotatable bonds is 7. The number of halogens is 1. The van der Waals surface area contributed by atoms with E-state index in [2.05, 4.69) is 23.3 Å². The van der Waals surface area contributed by atoms with E-state index in [0.717, 1.165) is 27.5 Å². The zero-order valence-electron chi connectivity index (χ0n) is 18.5. The Morgan fingerprint density at radius 2 is 1.78 bits per heavy atom. The van der Waals surface area contributed by atoms with Crippen molar-refractivity contribution in [3.8, 4) is 5.75 Å². The van der Waals surface area contributed by atoms with E-state index in [1.165, 1.54) is 4.90 Å². The zero-order chi connectivity index (χ0) is 22.0. The molecular weight excluding hydrogens is 462 g/mol. The molecule has 1 aromatic heterocycles. The highest BCUT2D eigenvalue weighted by Gasteiger charge is 2.24. The predicted molar refractivity (Wildman–Crippen MR) is 139 cm³/mol. The summed E-state index contributed by atoms with van der Waals surface area (Å²) in [6.45, 7) is 1.27. The summed E-state index contributed by atoms with van der Waals surface area (Å²) in [5.74, 6) is 0.470. The minimum atomic E-state index is -0.103. The fourth-order valence-corrected chi connectivity index (χ4v) is 4.96. The van der Waals surface area contributed by atoms with Crippen LogP contribution >= 0.6 is 35.5 Å². The first-order valence-corrected chi connectivity index (χ1v) is 12.0. The molecule has 0 bridgehead atoms. The lowest BCUT2D eigenvalue weighted by atomic mass is 10.0. The Labute approximate surface area is 202 Å². The second-order valence-corrected chi connectivity index (χ2v) is 9.38. The molecule has 0 aliphatic heterocycles. The lowest BCUT2D eigenvalue weighted by Crippen LogP contribution is -2.37. The van der Waals surface area contributed by atoms with Crippen LogP contribution in [-0.2, 0) is 0 Å². The van der Waals surface area contributed by atoms with Crippen LogP contribution in [0.2, 0.25) is 0 Å². The van der Waals surface area contributed by atoms with E-state index >= 15 is 0 Å². The van der Waals surface area contributed by atoms with Gasteiger partial charge in [-0.2, -0.15) is 0 Å². The molecule has 4 rings (SSSR count). The number of fused-ring (bicyclic) bond motifs is 2. The molecule has 168 valence electrons. The number of methoxy groups -OCH3 is 1. The summed E-state index contributed by atoms with van der Waals surface area (Å²) in [6.07, 6.45) is 2.06. The van der Waals surface area contributed by atoms with Gasteiger partial charge in [0.15, 0.2) is 5.13 Å². The van der Waals surface area contributed by atoms with Crippen molar-refractivity contribution < 1.29 is 9.53 Å². The van der Waals surface area contributed by atoms with Crippen LogP contribution in [0.4, 0.5) is 5.13 Å². The van der Waals surface area contributed by atoms with Gasteiger partial charge in [-0.1, -0.05) is 35.6 Å². The average Bonchev–Trinajstić information content (AvgIpc) is 3.20. The van der Waals surface area contributed by atoms with Crippen molar-refractivity contribution in [3.05, 3.63) is 60.2 Å². The van der Waals surface area contributed by atoms with Gasteiger partial charge in [-0.15, -0.1) is 24.2 Å². The summed E-state index contributed by atoms with van der Waals surface area (Å²) in [6, 6.07) is 18.0. The first-order valence-electron chi connectivity index (χ1n) is 9.98. The second kappa shape index (κ2) is 10.5. The van der Waals surface area contributed by atoms with Gasteiger partial charge >= 0.3 is 0 Å². The SMILES string of the molecule is COc1cc2ccccc2cc1C(=O)N(CCN(C)C)c1nc2ccc(SC)cc2s1.Cl. The number of carbonyl (C=O) groups excluding carboxylic acids is 1. The molecule has 4 aromatic rings. The lowest BCUT2D eigenvalue weighted by molar-refractivity contribution is 0.0982. The van der Waals surface area contributed by atoms with E-state index in [9.17, 15) is 4.79 Å². The summed E-state index contributed by atoms with van der Waals surface area (Å²) >= 11 is 3.25. The van der Waals surface area contributed by atoms with Gasteiger partial charge in [0.2, 0.25) is 0 Å². The Hall–Kier alpha value is -2.32. The number of carbonyl (C=O) groups is 1.